The molecule has 0 spiro atoms. The van der Waals surface area contributed by atoms with Crippen molar-refractivity contribution < 1.29 is 9.47 Å². The number of pyridine rings is 1. The van der Waals surface area contributed by atoms with Gasteiger partial charge < -0.3 is 9.47 Å². The van der Waals surface area contributed by atoms with Crippen molar-refractivity contribution in [2.45, 2.75) is 13.5 Å². The minimum absolute atomic E-state index is 0.275. The van der Waals surface area contributed by atoms with E-state index in [-0.39, 0.29) is 6.61 Å². The van der Waals surface area contributed by atoms with Crippen LogP contribution in [0.3, 0.4) is 0 Å². The predicted octanol–water partition coefficient (Wildman–Crippen LogP) is 3.80. The first-order chi connectivity index (χ1) is 15.1. The number of hydrogen-bond donors (Lipinski definition) is 0. The van der Waals surface area contributed by atoms with Crippen molar-refractivity contribution in [3.63, 3.8) is 0 Å². The van der Waals surface area contributed by atoms with Crippen LogP contribution >= 0.6 is 0 Å². The Kier molecular flexibility index (Phi) is 5.64. The Hall–Kier alpha value is -4.16. The summed E-state index contributed by atoms with van der Waals surface area (Å²) in [5.41, 5.74) is 4.51. The van der Waals surface area contributed by atoms with Crippen LogP contribution in [0, 0.1) is 13.5 Å². The fourth-order valence-electron chi connectivity index (χ4n) is 3.19. The molecule has 0 fully saturated rings. The highest BCUT2D eigenvalue weighted by Crippen LogP contribution is 2.27. The SMILES string of the molecule is [C-]#[N+]c1ccc(-c2cnc(-c3nnc(COC)n3-c3ccc(OC)nc3)cn2)c(C)c1. The topological polar surface area (TPSA) is 92.2 Å². The molecule has 0 N–H and O–H groups in total. The Balaban J connectivity index is 1.74. The van der Waals surface area contributed by atoms with Gasteiger partial charge in [0.25, 0.3) is 0 Å². The van der Waals surface area contributed by atoms with Crippen LogP contribution < -0.4 is 4.74 Å². The van der Waals surface area contributed by atoms with Gasteiger partial charge in [-0.1, -0.05) is 23.8 Å². The van der Waals surface area contributed by atoms with Crippen LogP contribution in [-0.4, -0.2) is 43.9 Å². The number of aromatic nitrogens is 6. The maximum atomic E-state index is 7.15. The minimum atomic E-state index is 0.275. The van der Waals surface area contributed by atoms with Crippen LogP contribution in [0.2, 0.25) is 0 Å². The third-order valence-electron chi connectivity index (χ3n) is 4.69. The number of aryl methyl sites for hydroxylation is 1. The lowest BCUT2D eigenvalue weighted by Gasteiger charge is -2.10. The molecule has 0 aliphatic heterocycles. The Labute approximate surface area is 179 Å². The van der Waals surface area contributed by atoms with E-state index in [0.717, 1.165) is 16.8 Å². The van der Waals surface area contributed by atoms with E-state index in [2.05, 4.69) is 30.0 Å². The molecular weight excluding hydrogens is 394 g/mol. The highest BCUT2D eigenvalue weighted by Gasteiger charge is 2.18. The number of rotatable bonds is 6. The average molecular weight is 413 g/mol. The molecule has 1 aromatic carbocycles. The predicted molar refractivity (Wildman–Crippen MR) is 114 cm³/mol. The van der Waals surface area contributed by atoms with Crippen LogP contribution in [0.15, 0.2) is 48.9 Å². The zero-order valence-corrected chi connectivity index (χ0v) is 17.3. The van der Waals surface area contributed by atoms with Gasteiger partial charge in [-0.15, -0.1) is 10.2 Å². The molecule has 154 valence electrons. The second-order valence-corrected chi connectivity index (χ2v) is 6.66. The number of methoxy groups -OCH3 is 2. The van der Waals surface area contributed by atoms with Crippen molar-refractivity contribution in [3.05, 3.63) is 71.7 Å². The normalized spacial score (nSPS) is 10.6. The van der Waals surface area contributed by atoms with Gasteiger partial charge in [-0.25, -0.2) is 14.8 Å². The van der Waals surface area contributed by atoms with Gasteiger partial charge in [-0.05, 0) is 13.0 Å². The van der Waals surface area contributed by atoms with E-state index in [1.165, 1.54) is 0 Å². The summed E-state index contributed by atoms with van der Waals surface area (Å²) in [6.45, 7) is 9.37. The molecule has 0 saturated heterocycles. The van der Waals surface area contributed by atoms with E-state index < -0.39 is 0 Å². The molecule has 3 heterocycles. The number of hydrogen-bond acceptors (Lipinski definition) is 7. The maximum Gasteiger partial charge on any atom is 0.213 e. The first-order valence-electron chi connectivity index (χ1n) is 9.39. The molecule has 31 heavy (non-hydrogen) atoms. The van der Waals surface area contributed by atoms with Crippen molar-refractivity contribution in [3.8, 4) is 34.3 Å². The molecule has 9 nitrogen and oxygen atoms in total. The van der Waals surface area contributed by atoms with Gasteiger partial charge in [0.1, 0.15) is 12.3 Å². The highest BCUT2D eigenvalue weighted by atomic mass is 16.5. The fourth-order valence-corrected chi connectivity index (χ4v) is 3.19. The summed E-state index contributed by atoms with van der Waals surface area (Å²) >= 11 is 0. The van der Waals surface area contributed by atoms with Crippen LogP contribution in [0.4, 0.5) is 5.69 Å². The van der Waals surface area contributed by atoms with E-state index >= 15 is 0 Å². The molecule has 4 aromatic rings. The molecule has 0 bridgehead atoms. The summed E-state index contributed by atoms with van der Waals surface area (Å²) in [6.07, 6.45) is 5.02. The van der Waals surface area contributed by atoms with Crippen LogP contribution in [0.25, 0.3) is 33.3 Å². The molecule has 0 radical (unpaired) electrons. The molecule has 4 rings (SSSR count). The summed E-state index contributed by atoms with van der Waals surface area (Å²) in [4.78, 5) is 16.9. The quantitative estimate of drug-likeness (QED) is 0.444. The molecule has 3 aromatic heterocycles. The second-order valence-electron chi connectivity index (χ2n) is 6.66. The standard InChI is InChI=1S/C22H19N7O2/c1-14-9-15(23-2)5-7-17(14)18-11-25-19(12-24-18)22-28-27-20(13-30-3)29(22)16-6-8-21(31-4)26-10-16/h5-12H,13H2,1,3-4H3. The highest BCUT2D eigenvalue weighted by molar-refractivity contribution is 5.67. The molecule has 0 amide bonds. The number of nitrogens with zero attached hydrogens (tertiary/aromatic N) is 7. The zero-order chi connectivity index (χ0) is 21.8. The van der Waals surface area contributed by atoms with E-state index in [1.807, 2.05) is 29.7 Å². The van der Waals surface area contributed by atoms with Gasteiger partial charge in [-0.3, -0.25) is 9.55 Å². The molecule has 0 aliphatic rings. The first kappa shape index (κ1) is 20.1. The van der Waals surface area contributed by atoms with Crippen molar-refractivity contribution in [1.82, 2.24) is 29.7 Å². The second kappa shape index (κ2) is 8.69. The zero-order valence-electron chi connectivity index (χ0n) is 17.3. The maximum absolute atomic E-state index is 7.15. The van der Waals surface area contributed by atoms with Gasteiger partial charge in [0.05, 0.1) is 43.7 Å². The number of benzene rings is 1. The molecule has 0 atom stereocenters. The Bertz CT molecular complexity index is 1240. The van der Waals surface area contributed by atoms with Gasteiger partial charge >= 0.3 is 0 Å². The Morgan fingerprint density at radius 1 is 0.968 bits per heavy atom. The summed E-state index contributed by atoms with van der Waals surface area (Å²) in [5.74, 6) is 1.65. The average Bonchev–Trinajstić information content (AvgIpc) is 3.23. The third kappa shape index (κ3) is 3.97. The van der Waals surface area contributed by atoms with E-state index in [1.54, 1.807) is 44.9 Å². The fraction of sp³-hybridized carbons (Fsp3) is 0.182. The van der Waals surface area contributed by atoms with Crippen LogP contribution in [0.1, 0.15) is 11.4 Å². The summed E-state index contributed by atoms with van der Waals surface area (Å²) < 4.78 is 12.2. The Morgan fingerprint density at radius 3 is 2.39 bits per heavy atom. The molecule has 0 aliphatic carbocycles. The van der Waals surface area contributed by atoms with E-state index in [4.69, 9.17) is 16.0 Å². The summed E-state index contributed by atoms with van der Waals surface area (Å²) in [6, 6.07) is 9.12. The van der Waals surface area contributed by atoms with Gasteiger partial charge in [0.15, 0.2) is 17.3 Å². The van der Waals surface area contributed by atoms with Gasteiger partial charge in [0.2, 0.25) is 5.88 Å². The lowest BCUT2D eigenvalue weighted by molar-refractivity contribution is 0.176. The lowest BCUT2D eigenvalue weighted by Crippen LogP contribution is -2.06. The van der Waals surface area contributed by atoms with Crippen LogP contribution in [-0.2, 0) is 11.3 Å². The van der Waals surface area contributed by atoms with Crippen LogP contribution in [0.5, 0.6) is 5.88 Å². The van der Waals surface area contributed by atoms with Crippen molar-refractivity contribution >= 4 is 5.69 Å². The monoisotopic (exact) mass is 413 g/mol. The van der Waals surface area contributed by atoms with E-state index in [9.17, 15) is 0 Å². The Morgan fingerprint density at radius 2 is 1.77 bits per heavy atom. The summed E-state index contributed by atoms with van der Waals surface area (Å²) in [5, 5.41) is 8.55. The molecule has 9 heteroatoms. The van der Waals surface area contributed by atoms with Crippen molar-refractivity contribution in [1.29, 1.82) is 0 Å². The molecule has 0 unspecified atom stereocenters. The van der Waals surface area contributed by atoms with Crippen molar-refractivity contribution in [2.24, 2.45) is 0 Å². The minimum Gasteiger partial charge on any atom is -0.481 e. The van der Waals surface area contributed by atoms with Gasteiger partial charge in [-0.2, -0.15) is 0 Å². The lowest BCUT2D eigenvalue weighted by atomic mass is 10.1. The largest absolute Gasteiger partial charge is 0.481 e. The first-order valence-corrected chi connectivity index (χ1v) is 9.39. The smallest absolute Gasteiger partial charge is 0.213 e. The molecular formula is C22H19N7O2. The van der Waals surface area contributed by atoms with Gasteiger partial charge in [0, 0.05) is 18.7 Å². The molecule has 0 saturated carbocycles. The van der Waals surface area contributed by atoms with Crippen molar-refractivity contribution in [2.75, 3.05) is 14.2 Å². The number of ether oxygens (including phenoxy) is 2. The third-order valence-corrected chi connectivity index (χ3v) is 4.69. The summed E-state index contributed by atoms with van der Waals surface area (Å²) in [7, 11) is 3.16. The van der Waals surface area contributed by atoms with E-state index in [0.29, 0.717) is 34.6 Å².